The van der Waals surface area contributed by atoms with Crippen LogP contribution in [-0.2, 0) is 16.1 Å². The van der Waals surface area contributed by atoms with E-state index in [9.17, 15) is 9.90 Å². The number of aliphatic hydroxyl groups excluding tert-OH is 1. The van der Waals surface area contributed by atoms with Gasteiger partial charge in [0.25, 0.3) is 0 Å². The van der Waals surface area contributed by atoms with Crippen LogP contribution in [0.25, 0.3) is 0 Å². The molecule has 0 fully saturated rings. The van der Waals surface area contributed by atoms with Crippen LogP contribution in [0.5, 0.6) is 0 Å². The van der Waals surface area contributed by atoms with Gasteiger partial charge >= 0.3 is 5.97 Å². The summed E-state index contributed by atoms with van der Waals surface area (Å²) in [5, 5.41) is 18.8. The van der Waals surface area contributed by atoms with E-state index in [1.165, 1.54) is 32.1 Å². The second-order valence-corrected chi connectivity index (χ2v) is 8.20. The number of benzene rings is 1. The maximum atomic E-state index is 10.8. The third-order valence-corrected chi connectivity index (χ3v) is 5.45. The number of aliphatic carboxylic acids is 1. The van der Waals surface area contributed by atoms with Crippen LogP contribution in [0.1, 0.15) is 102 Å². The molecule has 1 aromatic rings. The Morgan fingerprint density at radius 3 is 2.10 bits per heavy atom. The standard InChI is InChI=1S/C25H42O4/c1-2-3-8-16-23(26)17-11-5-4-6-12-18-24(19-13-20-25(27)28)29-21-22-14-9-7-10-15-22/h7,9-10,14-15,23-24,26H,2-6,8,11-13,16-21H2,1H3,(H,27,28). The smallest absolute Gasteiger partial charge is 0.303 e. The van der Waals surface area contributed by atoms with Gasteiger partial charge < -0.3 is 14.9 Å². The average Bonchev–Trinajstić information content (AvgIpc) is 2.71. The van der Waals surface area contributed by atoms with Crippen molar-refractivity contribution < 1.29 is 19.7 Å². The molecule has 0 saturated carbocycles. The Labute approximate surface area is 177 Å². The molecule has 166 valence electrons. The molecule has 0 aromatic heterocycles. The van der Waals surface area contributed by atoms with E-state index in [2.05, 4.69) is 19.1 Å². The summed E-state index contributed by atoms with van der Waals surface area (Å²) in [5.41, 5.74) is 1.16. The van der Waals surface area contributed by atoms with Gasteiger partial charge in [-0.1, -0.05) is 88.6 Å². The fourth-order valence-corrected chi connectivity index (χ4v) is 3.64. The highest BCUT2D eigenvalue weighted by atomic mass is 16.5. The summed E-state index contributed by atoms with van der Waals surface area (Å²) in [5.74, 6) is -0.733. The zero-order valence-electron chi connectivity index (χ0n) is 18.4. The second-order valence-electron chi connectivity index (χ2n) is 8.20. The number of unbranched alkanes of at least 4 members (excludes halogenated alkanes) is 6. The van der Waals surface area contributed by atoms with Gasteiger partial charge in [-0.15, -0.1) is 0 Å². The van der Waals surface area contributed by atoms with E-state index in [4.69, 9.17) is 9.84 Å². The molecule has 4 nitrogen and oxygen atoms in total. The van der Waals surface area contributed by atoms with Crippen molar-refractivity contribution >= 4 is 5.97 Å². The van der Waals surface area contributed by atoms with Gasteiger partial charge in [-0.05, 0) is 37.7 Å². The van der Waals surface area contributed by atoms with Crippen LogP contribution in [0.15, 0.2) is 30.3 Å². The maximum absolute atomic E-state index is 10.8. The number of ether oxygens (including phenoxy) is 1. The molecule has 0 spiro atoms. The summed E-state index contributed by atoms with van der Waals surface area (Å²) in [6.45, 7) is 2.78. The van der Waals surface area contributed by atoms with Gasteiger partial charge in [-0.3, -0.25) is 4.79 Å². The van der Waals surface area contributed by atoms with Crippen molar-refractivity contribution in [2.75, 3.05) is 0 Å². The van der Waals surface area contributed by atoms with Crippen LogP contribution in [-0.4, -0.2) is 28.4 Å². The van der Waals surface area contributed by atoms with Gasteiger partial charge in [0.15, 0.2) is 0 Å². The lowest BCUT2D eigenvalue weighted by Crippen LogP contribution is -2.14. The number of aliphatic hydroxyl groups is 1. The lowest BCUT2D eigenvalue weighted by molar-refractivity contribution is -0.137. The topological polar surface area (TPSA) is 66.8 Å². The van der Waals surface area contributed by atoms with Crippen molar-refractivity contribution in [2.24, 2.45) is 0 Å². The molecule has 2 N–H and O–H groups in total. The van der Waals surface area contributed by atoms with E-state index < -0.39 is 5.97 Å². The monoisotopic (exact) mass is 406 g/mol. The fraction of sp³-hybridized carbons (Fsp3) is 0.720. The molecule has 29 heavy (non-hydrogen) atoms. The second kappa shape index (κ2) is 17.5. The molecular weight excluding hydrogens is 364 g/mol. The lowest BCUT2D eigenvalue weighted by Gasteiger charge is -2.18. The highest BCUT2D eigenvalue weighted by Gasteiger charge is 2.11. The van der Waals surface area contributed by atoms with Crippen LogP contribution in [0.3, 0.4) is 0 Å². The Morgan fingerprint density at radius 1 is 0.862 bits per heavy atom. The number of carboxylic acid groups (broad SMARTS) is 1. The summed E-state index contributed by atoms with van der Waals surface area (Å²) in [6.07, 6.45) is 13.9. The van der Waals surface area contributed by atoms with Gasteiger partial charge in [-0.25, -0.2) is 0 Å². The first-order valence-corrected chi connectivity index (χ1v) is 11.7. The van der Waals surface area contributed by atoms with E-state index in [-0.39, 0.29) is 18.6 Å². The van der Waals surface area contributed by atoms with Gasteiger partial charge in [0.2, 0.25) is 0 Å². The van der Waals surface area contributed by atoms with E-state index in [0.717, 1.165) is 50.5 Å². The Kier molecular flexibility index (Phi) is 15.4. The predicted octanol–water partition coefficient (Wildman–Crippen LogP) is 6.50. The third-order valence-electron chi connectivity index (χ3n) is 5.45. The van der Waals surface area contributed by atoms with Crippen molar-refractivity contribution in [1.82, 2.24) is 0 Å². The summed E-state index contributed by atoms with van der Waals surface area (Å²) < 4.78 is 6.09. The number of hydrogen-bond acceptors (Lipinski definition) is 3. The van der Waals surface area contributed by atoms with Crippen molar-refractivity contribution in [3.8, 4) is 0 Å². The number of carbonyl (C=O) groups is 1. The molecule has 0 amide bonds. The molecule has 0 aliphatic carbocycles. The zero-order chi connectivity index (χ0) is 21.2. The molecule has 0 heterocycles. The highest BCUT2D eigenvalue weighted by Crippen LogP contribution is 2.17. The SMILES string of the molecule is CCCCCC(O)CCCCCCCC(CCCC(=O)O)OCc1ccccc1. The molecule has 0 radical (unpaired) electrons. The van der Waals surface area contributed by atoms with Crippen molar-refractivity contribution in [3.63, 3.8) is 0 Å². The van der Waals surface area contributed by atoms with Crippen LogP contribution in [0.4, 0.5) is 0 Å². The Hall–Kier alpha value is -1.39. The molecule has 0 saturated heterocycles. The van der Waals surface area contributed by atoms with Crippen LogP contribution in [0.2, 0.25) is 0 Å². The molecule has 0 bridgehead atoms. The van der Waals surface area contributed by atoms with Crippen LogP contribution >= 0.6 is 0 Å². The largest absolute Gasteiger partial charge is 0.481 e. The Bertz CT molecular complexity index is 503. The third kappa shape index (κ3) is 15.2. The molecule has 1 aromatic carbocycles. The summed E-state index contributed by atoms with van der Waals surface area (Å²) in [4.78, 5) is 10.8. The number of carboxylic acids is 1. The van der Waals surface area contributed by atoms with E-state index in [1.807, 2.05) is 18.2 Å². The van der Waals surface area contributed by atoms with Gasteiger partial charge in [0.1, 0.15) is 0 Å². The molecule has 0 aliphatic heterocycles. The van der Waals surface area contributed by atoms with Crippen molar-refractivity contribution in [1.29, 1.82) is 0 Å². The molecule has 4 heteroatoms. The first-order chi connectivity index (χ1) is 14.1. The van der Waals surface area contributed by atoms with Crippen molar-refractivity contribution in [3.05, 3.63) is 35.9 Å². The Balaban J connectivity index is 2.15. The van der Waals surface area contributed by atoms with Crippen molar-refractivity contribution in [2.45, 2.75) is 116 Å². The minimum atomic E-state index is -0.733. The first kappa shape index (κ1) is 25.6. The van der Waals surface area contributed by atoms with Crippen LogP contribution < -0.4 is 0 Å². The van der Waals surface area contributed by atoms with Gasteiger partial charge in [0, 0.05) is 6.42 Å². The van der Waals surface area contributed by atoms with E-state index >= 15 is 0 Å². The zero-order valence-corrected chi connectivity index (χ0v) is 18.4. The lowest BCUT2D eigenvalue weighted by atomic mass is 10.0. The fourth-order valence-electron chi connectivity index (χ4n) is 3.64. The number of hydrogen-bond donors (Lipinski definition) is 2. The summed E-state index contributed by atoms with van der Waals surface area (Å²) in [7, 11) is 0. The summed E-state index contributed by atoms with van der Waals surface area (Å²) >= 11 is 0. The van der Waals surface area contributed by atoms with E-state index in [0.29, 0.717) is 13.0 Å². The molecular formula is C25H42O4. The maximum Gasteiger partial charge on any atom is 0.303 e. The Morgan fingerprint density at radius 2 is 1.45 bits per heavy atom. The molecule has 0 aliphatic rings. The molecule has 1 rings (SSSR count). The predicted molar refractivity (Wildman–Crippen MR) is 119 cm³/mol. The number of rotatable bonds is 19. The molecule has 2 atom stereocenters. The minimum absolute atomic E-state index is 0.119. The van der Waals surface area contributed by atoms with E-state index in [1.54, 1.807) is 0 Å². The van der Waals surface area contributed by atoms with Gasteiger partial charge in [0.05, 0.1) is 18.8 Å². The average molecular weight is 407 g/mol. The first-order valence-electron chi connectivity index (χ1n) is 11.7. The highest BCUT2D eigenvalue weighted by molar-refractivity contribution is 5.66. The minimum Gasteiger partial charge on any atom is -0.481 e. The molecule has 2 unspecified atom stereocenters. The normalized spacial score (nSPS) is 13.3. The summed E-state index contributed by atoms with van der Waals surface area (Å²) in [6, 6.07) is 10.1. The van der Waals surface area contributed by atoms with Gasteiger partial charge in [-0.2, -0.15) is 0 Å². The van der Waals surface area contributed by atoms with Crippen LogP contribution in [0, 0.1) is 0 Å². The quantitative estimate of drug-likeness (QED) is 0.257.